The Morgan fingerprint density at radius 3 is 2.62 bits per heavy atom. The van der Waals surface area contributed by atoms with E-state index in [0.717, 1.165) is 19.3 Å². The van der Waals surface area contributed by atoms with Gasteiger partial charge >= 0.3 is 0 Å². The Morgan fingerprint density at radius 2 is 2.06 bits per heavy atom. The summed E-state index contributed by atoms with van der Waals surface area (Å²) in [7, 11) is -3.72. The molecule has 1 aliphatic carbocycles. The van der Waals surface area contributed by atoms with Crippen molar-refractivity contribution in [2.24, 2.45) is 0 Å². The zero-order valence-corrected chi connectivity index (χ0v) is 11.6. The molecule has 0 amide bonds. The number of nitrogens with one attached hydrogen (secondary N) is 1. The molecular formula is C10H21NO3S2. The Labute approximate surface area is 101 Å². The van der Waals surface area contributed by atoms with Crippen molar-refractivity contribution in [3.05, 3.63) is 0 Å². The van der Waals surface area contributed by atoms with Gasteiger partial charge in [0.2, 0.25) is 0 Å². The molecule has 16 heavy (non-hydrogen) atoms. The summed E-state index contributed by atoms with van der Waals surface area (Å²) in [5.74, 6) is 1.28. The molecule has 1 rings (SSSR count). The molecule has 1 saturated carbocycles. The maximum absolute atomic E-state index is 11.5. The zero-order chi connectivity index (χ0) is 12.2. The molecule has 0 radical (unpaired) electrons. The predicted octanol–water partition coefficient (Wildman–Crippen LogP) is 0.310. The Balaban J connectivity index is 2.39. The topological polar surface area (TPSA) is 63.2 Å². The van der Waals surface area contributed by atoms with Gasteiger partial charge in [-0.15, -0.1) is 0 Å². The lowest BCUT2D eigenvalue weighted by molar-refractivity contribution is 0.521. The zero-order valence-electron chi connectivity index (χ0n) is 9.94. The fourth-order valence-corrected chi connectivity index (χ4v) is 4.23. The van der Waals surface area contributed by atoms with E-state index in [9.17, 15) is 12.6 Å². The first kappa shape index (κ1) is 14.1. The summed E-state index contributed by atoms with van der Waals surface area (Å²) in [6.07, 6.45) is 3.94. The lowest BCUT2D eigenvalue weighted by Crippen LogP contribution is -2.41. The van der Waals surface area contributed by atoms with E-state index in [4.69, 9.17) is 0 Å². The molecule has 0 spiro atoms. The van der Waals surface area contributed by atoms with E-state index >= 15 is 0 Å². The van der Waals surface area contributed by atoms with Gasteiger partial charge in [-0.25, -0.2) is 8.42 Å². The standard InChI is InChI=1S/C10H21NO3S2/c1-3-15(12)8-7-11-9-5-4-6-10(9)16(2,13)14/h9-11H,3-8H2,1-2H3. The van der Waals surface area contributed by atoms with Gasteiger partial charge in [0, 0.05) is 41.1 Å². The molecule has 0 aromatic rings. The second-order valence-corrected chi connectivity index (χ2v) is 8.42. The molecule has 0 aromatic carbocycles. The van der Waals surface area contributed by atoms with Crippen molar-refractivity contribution >= 4 is 20.6 Å². The molecule has 0 saturated heterocycles. The number of hydrogen-bond donors (Lipinski definition) is 1. The van der Waals surface area contributed by atoms with Crippen molar-refractivity contribution in [1.82, 2.24) is 5.32 Å². The van der Waals surface area contributed by atoms with Crippen molar-refractivity contribution in [3.63, 3.8) is 0 Å². The van der Waals surface area contributed by atoms with Crippen LogP contribution in [0.5, 0.6) is 0 Å². The summed E-state index contributed by atoms with van der Waals surface area (Å²) in [6, 6.07) is 0.0591. The first-order valence-electron chi connectivity index (χ1n) is 5.72. The minimum Gasteiger partial charge on any atom is -0.312 e. The van der Waals surface area contributed by atoms with Crippen LogP contribution in [-0.4, -0.2) is 48.2 Å². The molecule has 0 aliphatic heterocycles. The highest BCUT2D eigenvalue weighted by Gasteiger charge is 2.34. The highest BCUT2D eigenvalue weighted by Crippen LogP contribution is 2.24. The minimum absolute atomic E-state index is 0.0591. The number of hydrogen-bond acceptors (Lipinski definition) is 4. The second kappa shape index (κ2) is 6.12. The first-order chi connectivity index (χ1) is 7.45. The average Bonchev–Trinajstić information content (AvgIpc) is 2.65. The highest BCUT2D eigenvalue weighted by molar-refractivity contribution is 7.91. The minimum atomic E-state index is -2.95. The van der Waals surface area contributed by atoms with E-state index in [2.05, 4.69) is 5.32 Å². The second-order valence-electron chi connectivity index (χ2n) is 4.29. The van der Waals surface area contributed by atoms with E-state index in [1.54, 1.807) is 0 Å². The summed E-state index contributed by atoms with van der Waals surface area (Å²) in [5.41, 5.74) is 0. The largest absolute Gasteiger partial charge is 0.312 e. The fraction of sp³-hybridized carbons (Fsp3) is 1.00. The van der Waals surface area contributed by atoms with Crippen LogP contribution < -0.4 is 5.32 Å². The monoisotopic (exact) mass is 267 g/mol. The van der Waals surface area contributed by atoms with E-state index in [1.807, 2.05) is 6.92 Å². The van der Waals surface area contributed by atoms with Crippen LogP contribution in [0.25, 0.3) is 0 Å². The van der Waals surface area contributed by atoms with Crippen molar-refractivity contribution in [1.29, 1.82) is 0 Å². The van der Waals surface area contributed by atoms with E-state index in [-0.39, 0.29) is 11.3 Å². The van der Waals surface area contributed by atoms with E-state index in [0.29, 0.717) is 18.1 Å². The molecule has 96 valence electrons. The van der Waals surface area contributed by atoms with Gasteiger partial charge in [-0.2, -0.15) is 0 Å². The number of sulfone groups is 1. The molecule has 1 aliphatic rings. The fourth-order valence-electron chi connectivity index (χ4n) is 2.17. The van der Waals surface area contributed by atoms with Gasteiger partial charge in [0.1, 0.15) is 0 Å². The van der Waals surface area contributed by atoms with Gasteiger partial charge in [-0.1, -0.05) is 13.3 Å². The third kappa shape index (κ3) is 4.14. The van der Waals surface area contributed by atoms with Crippen LogP contribution in [0.4, 0.5) is 0 Å². The van der Waals surface area contributed by atoms with Gasteiger partial charge < -0.3 is 5.32 Å². The normalized spacial score (nSPS) is 28.1. The SMILES string of the molecule is CCS(=O)CCNC1CCCC1S(C)(=O)=O. The molecular weight excluding hydrogens is 246 g/mol. The summed E-state index contributed by atoms with van der Waals surface area (Å²) >= 11 is 0. The third-order valence-electron chi connectivity index (χ3n) is 3.06. The predicted molar refractivity (Wildman–Crippen MR) is 67.8 cm³/mol. The van der Waals surface area contributed by atoms with Crippen LogP contribution in [0.3, 0.4) is 0 Å². The third-order valence-corrected chi connectivity index (χ3v) is 6.03. The van der Waals surface area contributed by atoms with Gasteiger partial charge in [-0.05, 0) is 12.8 Å². The van der Waals surface area contributed by atoms with Gasteiger partial charge in [0.05, 0.1) is 5.25 Å². The summed E-state index contributed by atoms with van der Waals surface area (Å²) in [6.45, 7) is 2.54. The quantitative estimate of drug-likeness (QED) is 0.752. The molecule has 1 fully saturated rings. The van der Waals surface area contributed by atoms with Crippen LogP contribution in [0, 0.1) is 0 Å². The molecule has 4 nitrogen and oxygen atoms in total. The molecule has 3 atom stereocenters. The maximum atomic E-state index is 11.5. The molecule has 0 bridgehead atoms. The summed E-state index contributed by atoms with van der Waals surface area (Å²) < 4.78 is 34.2. The summed E-state index contributed by atoms with van der Waals surface area (Å²) in [5, 5.41) is 2.98. The van der Waals surface area contributed by atoms with Crippen molar-refractivity contribution < 1.29 is 12.6 Å². The van der Waals surface area contributed by atoms with Gasteiger partial charge in [-0.3, -0.25) is 4.21 Å². The van der Waals surface area contributed by atoms with Crippen molar-refractivity contribution in [2.45, 2.75) is 37.5 Å². The lowest BCUT2D eigenvalue weighted by Gasteiger charge is -2.19. The molecule has 0 aromatic heterocycles. The van der Waals surface area contributed by atoms with Crippen LogP contribution in [0.1, 0.15) is 26.2 Å². The maximum Gasteiger partial charge on any atom is 0.151 e. The van der Waals surface area contributed by atoms with E-state index < -0.39 is 20.6 Å². The Kier molecular flexibility index (Phi) is 5.40. The highest BCUT2D eigenvalue weighted by atomic mass is 32.2. The average molecular weight is 267 g/mol. The van der Waals surface area contributed by atoms with Crippen LogP contribution in [-0.2, 0) is 20.6 Å². The van der Waals surface area contributed by atoms with E-state index in [1.165, 1.54) is 6.26 Å². The van der Waals surface area contributed by atoms with Crippen molar-refractivity contribution in [3.8, 4) is 0 Å². The smallest absolute Gasteiger partial charge is 0.151 e. The lowest BCUT2D eigenvalue weighted by atomic mass is 10.2. The summed E-state index contributed by atoms with van der Waals surface area (Å²) in [4.78, 5) is 0. The first-order valence-corrected chi connectivity index (χ1v) is 9.16. The molecule has 3 unspecified atom stereocenters. The van der Waals surface area contributed by atoms with Crippen molar-refractivity contribution in [2.75, 3.05) is 24.3 Å². The Morgan fingerprint density at radius 1 is 1.38 bits per heavy atom. The molecule has 0 heterocycles. The van der Waals surface area contributed by atoms with Gasteiger partial charge in [0.25, 0.3) is 0 Å². The Hall–Kier alpha value is 0.0600. The van der Waals surface area contributed by atoms with Crippen LogP contribution >= 0.6 is 0 Å². The Bertz CT molecular complexity index is 340. The van der Waals surface area contributed by atoms with Crippen LogP contribution in [0.15, 0.2) is 0 Å². The molecule has 6 heteroatoms. The molecule has 1 N–H and O–H groups in total. The number of rotatable bonds is 6. The van der Waals surface area contributed by atoms with Crippen LogP contribution in [0.2, 0.25) is 0 Å². The van der Waals surface area contributed by atoms with Gasteiger partial charge in [0.15, 0.2) is 9.84 Å².